The minimum atomic E-state index is -3.90. The van der Waals surface area contributed by atoms with Crippen LogP contribution in [0.1, 0.15) is 16.7 Å². The summed E-state index contributed by atoms with van der Waals surface area (Å²) in [7, 11) is -2.71. The Labute approximate surface area is 154 Å². The molecule has 0 bridgehead atoms. The van der Waals surface area contributed by atoms with Crippen LogP contribution in [-0.4, -0.2) is 15.5 Å². The van der Waals surface area contributed by atoms with Crippen LogP contribution in [0.5, 0.6) is 0 Å². The van der Waals surface area contributed by atoms with Crippen LogP contribution in [0.15, 0.2) is 45.6 Å². The summed E-state index contributed by atoms with van der Waals surface area (Å²) in [5.74, 6) is -1.30. The van der Waals surface area contributed by atoms with Crippen molar-refractivity contribution in [3.05, 3.63) is 75.1 Å². The summed E-state index contributed by atoms with van der Waals surface area (Å²) in [6, 6.07) is 7.94. The summed E-state index contributed by atoms with van der Waals surface area (Å²) >= 11 is 0. The number of nitrogens with one attached hydrogen (secondary N) is 2. The lowest BCUT2D eigenvalue weighted by atomic mass is 9.99. The highest BCUT2D eigenvalue weighted by Crippen LogP contribution is 2.25. The molecule has 0 aliphatic rings. The lowest BCUT2D eigenvalue weighted by Gasteiger charge is -2.12. The maximum Gasteiger partial charge on any atom is 0.340 e. The molecule has 2 aromatic carbocycles. The standard InChI is InChI=1S/C18H16F2N2O4S/c1-10-13-9-12(19)6-7-16(13)26-18(23)14(10)8-11-4-3-5-15(17(11)20)22-27(24,25)21-2/h3-7,9,21-22H,8H2,1-2H3. The predicted octanol–water partition coefficient (Wildman–Crippen LogP) is 2.85. The molecule has 0 radical (unpaired) electrons. The van der Waals surface area contributed by atoms with Crippen LogP contribution in [0.2, 0.25) is 0 Å². The van der Waals surface area contributed by atoms with Gasteiger partial charge in [0.1, 0.15) is 11.4 Å². The number of rotatable bonds is 5. The Balaban J connectivity index is 2.07. The lowest BCUT2D eigenvalue weighted by Crippen LogP contribution is -2.27. The molecule has 2 N–H and O–H groups in total. The van der Waals surface area contributed by atoms with E-state index in [2.05, 4.69) is 4.72 Å². The van der Waals surface area contributed by atoms with E-state index in [-0.39, 0.29) is 28.8 Å². The van der Waals surface area contributed by atoms with E-state index in [0.717, 1.165) is 0 Å². The molecule has 0 unspecified atom stereocenters. The van der Waals surface area contributed by atoms with Gasteiger partial charge in [0.2, 0.25) is 0 Å². The summed E-state index contributed by atoms with van der Waals surface area (Å²) in [5, 5.41) is 0.414. The van der Waals surface area contributed by atoms with Crippen LogP contribution in [0.25, 0.3) is 11.0 Å². The Morgan fingerprint density at radius 1 is 1.15 bits per heavy atom. The zero-order valence-electron chi connectivity index (χ0n) is 14.5. The van der Waals surface area contributed by atoms with E-state index >= 15 is 0 Å². The van der Waals surface area contributed by atoms with Crippen LogP contribution in [-0.2, 0) is 16.6 Å². The summed E-state index contributed by atoms with van der Waals surface area (Å²) in [4.78, 5) is 12.3. The smallest absolute Gasteiger partial charge is 0.340 e. The van der Waals surface area contributed by atoms with Gasteiger partial charge in [0, 0.05) is 24.4 Å². The fourth-order valence-corrected chi connectivity index (χ4v) is 3.30. The minimum Gasteiger partial charge on any atom is -0.422 e. The van der Waals surface area contributed by atoms with Gasteiger partial charge in [-0.05, 0) is 42.3 Å². The number of hydrogen-bond acceptors (Lipinski definition) is 4. The van der Waals surface area contributed by atoms with Crippen LogP contribution in [0.3, 0.4) is 0 Å². The van der Waals surface area contributed by atoms with Gasteiger partial charge in [0.05, 0.1) is 5.69 Å². The molecule has 0 atom stereocenters. The third-order valence-electron chi connectivity index (χ3n) is 4.21. The zero-order valence-corrected chi connectivity index (χ0v) is 15.3. The van der Waals surface area contributed by atoms with E-state index in [1.807, 2.05) is 4.72 Å². The average molecular weight is 394 g/mol. The maximum absolute atomic E-state index is 14.7. The van der Waals surface area contributed by atoms with E-state index < -0.39 is 27.5 Å². The van der Waals surface area contributed by atoms with E-state index in [4.69, 9.17) is 4.42 Å². The molecule has 0 spiro atoms. The van der Waals surface area contributed by atoms with Gasteiger partial charge in [-0.1, -0.05) is 12.1 Å². The number of benzene rings is 2. The molecule has 0 fully saturated rings. The Morgan fingerprint density at radius 3 is 2.59 bits per heavy atom. The van der Waals surface area contributed by atoms with Gasteiger partial charge in [-0.15, -0.1) is 0 Å². The molecule has 27 heavy (non-hydrogen) atoms. The van der Waals surface area contributed by atoms with Gasteiger partial charge in [-0.25, -0.2) is 18.3 Å². The van der Waals surface area contributed by atoms with Crippen molar-refractivity contribution in [1.82, 2.24) is 4.72 Å². The molecule has 0 saturated carbocycles. The van der Waals surface area contributed by atoms with Gasteiger partial charge in [-0.3, -0.25) is 4.72 Å². The fraction of sp³-hybridized carbons (Fsp3) is 0.167. The molecule has 0 saturated heterocycles. The number of hydrogen-bond donors (Lipinski definition) is 2. The monoisotopic (exact) mass is 394 g/mol. The van der Waals surface area contributed by atoms with Crippen LogP contribution < -0.4 is 15.1 Å². The molecule has 1 heterocycles. The molecule has 3 aromatic rings. The third kappa shape index (κ3) is 3.83. The molecule has 0 aliphatic heterocycles. The number of aryl methyl sites for hydroxylation is 1. The predicted molar refractivity (Wildman–Crippen MR) is 98.0 cm³/mol. The van der Waals surface area contributed by atoms with Crippen molar-refractivity contribution in [2.75, 3.05) is 11.8 Å². The normalized spacial score (nSPS) is 11.7. The highest BCUT2D eigenvalue weighted by molar-refractivity contribution is 7.90. The molecule has 3 rings (SSSR count). The van der Waals surface area contributed by atoms with Gasteiger partial charge < -0.3 is 4.42 Å². The second kappa shape index (κ2) is 7.09. The maximum atomic E-state index is 14.7. The van der Waals surface area contributed by atoms with Crippen LogP contribution in [0, 0.1) is 18.6 Å². The molecular weight excluding hydrogens is 378 g/mol. The quantitative estimate of drug-likeness (QED) is 0.652. The lowest BCUT2D eigenvalue weighted by molar-refractivity contribution is 0.547. The summed E-state index contributed by atoms with van der Waals surface area (Å²) in [5.41, 5.74) is 0.0565. The average Bonchev–Trinajstić information content (AvgIpc) is 2.62. The Kier molecular flexibility index (Phi) is 4.99. The highest BCUT2D eigenvalue weighted by Gasteiger charge is 2.17. The number of halogens is 2. The molecule has 1 aromatic heterocycles. The first-order valence-corrected chi connectivity index (χ1v) is 9.40. The summed E-state index contributed by atoms with van der Waals surface area (Å²) in [6.45, 7) is 1.62. The van der Waals surface area contributed by atoms with Gasteiger partial charge in [0.25, 0.3) is 10.2 Å². The van der Waals surface area contributed by atoms with E-state index in [9.17, 15) is 22.0 Å². The molecule has 6 nitrogen and oxygen atoms in total. The third-order valence-corrected chi connectivity index (χ3v) is 5.23. The number of anilines is 1. The molecule has 0 aliphatic carbocycles. The van der Waals surface area contributed by atoms with Crippen LogP contribution in [0.4, 0.5) is 14.5 Å². The van der Waals surface area contributed by atoms with Gasteiger partial charge >= 0.3 is 5.63 Å². The van der Waals surface area contributed by atoms with Gasteiger partial charge in [0.15, 0.2) is 5.82 Å². The van der Waals surface area contributed by atoms with E-state index in [1.165, 1.54) is 43.4 Å². The Hall–Kier alpha value is -2.78. The zero-order chi connectivity index (χ0) is 19.8. The second-order valence-corrected chi connectivity index (χ2v) is 7.52. The van der Waals surface area contributed by atoms with Crippen molar-refractivity contribution < 1.29 is 21.6 Å². The first-order valence-electron chi connectivity index (χ1n) is 7.92. The summed E-state index contributed by atoms with van der Waals surface area (Å²) in [6.07, 6.45) is -0.137. The first kappa shape index (κ1) is 19.0. The second-order valence-electron chi connectivity index (χ2n) is 5.90. The first-order chi connectivity index (χ1) is 12.7. The van der Waals surface area contributed by atoms with E-state index in [1.54, 1.807) is 6.92 Å². The van der Waals surface area contributed by atoms with Crippen molar-refractivity contribution in [3.63, 3.8) is 0 Å². The molecule has 9 heteroatoms. The summed E-state index contributed by atoms with van der Waals surface area (Å²) < 4.78 is 60.7. The SMILES string of the molecule is CNS(=O)(=O)Nc1cccc(Cc2c(C)c3cc(F)ccc3oc2=O)c1F. The van der Waals surface area contributed by atoms with E-state index in [0.29, 0.717) is 10.9 Å². The van der Waals surface area contributed by atoms with Crippen molar-refractivity contribution >= 4 is 26.9 Å². The Morgan fingerprint density at radius 2 is 1.89 bits per heavy atom. The molecule has 142 valence electrons. The fourth-order valence-electron chi connectivity index (χ4n) is 2.75. The molecular formula is C18H16F2N2O4S. The van der Waals surface area contributed by atoms with Crippen molar-refractivity contribution in [2.24, 2.45) is 0 Å². The highest BCUT2D eigenvalue weighted by atomic mass is 32.2. The van der Waals surface area contributed by atoms with Crippen molar-refractivity contribution in [3.8, 4) is 0 Å². The topological polar surface area (TPSA) is 88.4 Å². The minimum absolute atomic E-state index is 0.0949. The molecule has 0 amide bonds. The largest absolute Gasteiger partial charge is 0.422 e. The Bertz CT molecular complexity index is 1190. The number of fused-ring (bicyclic) bond motifs is 1. The van der Waals surface area contributed by atoms with Gasteiger partial charge in [-0.2, -0.15) is 8.42 Å². The van der Waals surface area contributed by atoms with Crippen molar-refractivity contribution in [1.29, 1.82) is 0 Å². The van der Waals surface area contributed by atoms with Crippen molar-refractivity contribution in [2.45, 2.75) is 13.3 Å². The van der Waals surface area contributed by atoms with Crippen LogP contribution >= 0.6 is 0 Å².